The van der Waals surface area contributed by atoms with Gasteiger partial charge in [0.1, 0.15) is 5.75 Å². The fourth-order valence-corrected chi connectivity index (χ4v) is 6.07. The normalized spacial score (nSPS) is 15.7. The molecule has 1 aromatic heterocycles. The van der Waals surface area contributed by atoms with Crippen molar-refractivity contribution in [1.29, 1.82) is 0 Å². The summed E-state index contributed by atoms with van der Waals surface area (Å²) in [5.41, 5.74) is 3.35. The molecular weight excluding hydrogens is 618 g/mol. The molecule has 2 aromatic rings. The fourth-order valence-electron chi connectivity index (χ4n) is 2.17. The Morgan fingerprint density at radius 1 is 1.38 bits per heavy atom. The number of thioether (sulfide) groups is 1. The Morgan fingerprint density at radius 3 is 2.81 bits per heavy atom. The van der Waals surface area contributed by atoms with E-state index < -0.39 is 0 Å². The highest BCUT2D eigenvalue weighted by molar-refractivity contribution is 14.1. The summed E-state index contributed by atoms with van der Waals surface area (Å²) < 4.78 is 7.71. The van der Waals surface area contributed by atoms with Gasteiger partial charge in [0.25, 0.3) is 11.8 Å². The number of hydrogen-bond acceptors (Lipinski definition) is 6. The molecule has 1 aliphatic rings. The molecule has 0 unspecified atom stereocenters. The summed E-state index contributed by atoms with van der Waals surface area (Å²) in [7, 11) is 1.59. The zero-order valence-corrected chi connectivity index (χ0v) is 19.9. The van der Waals surface area contributed by atoms with Gasteiger partial charge < -0.3 is 4.74 Å². The number of benzene rings is 1. The zero-order chi connectivity index (χ0) is 18.8. The predicted octanol–water partition coefficient (Wildman–Crippen LogP) is 4.51. The van der Waals surface area contributed by atoms with Gasteiger partial charge in [-0.25, -0.2) is 0 Å². The van der Waals surface area contributed by atoms with Crippen LogP contribution in [0.3, 0.4) is 0 Å². The Hall–Kier alpha value is -0.700. The van der Waals surface area contributed by atoms with Gasteiger partial charge in [0.2, 0.25) is 0 Å². The first kappa shape index (κ1) is 20.0. The van der Waals surface area contributed by atoms with Crippen molar-refractivity contribution < 1.29 is 14.3 Å². The first-order valence-corrected chi connectivity index (χ1v) is 11.3. The quantitative estimate of drug-likeness (QED) is 0.307. The number of hydrazine groups is 1. The molecule has 0 aliphatic carbocycles. The molecule has 1 aromatic carbocycles. The number of carbonyl (C=O) groups excluding carboxylic acids is 2. The van der Waals surface area contributed by atoms with Crippen LogP contribution in [0, 0.1) is 7.14 Å². The van der Waals surface area contributed by atoms with Gasteiger partial charge >= 0.3 is 0 Å². The summed E-state index contributed by atoms with van der Waals surface area (Å²) in [6.45, 7) is 0. The average Bonchev–Trinajstić information content (AvgIpc) is 3.19. The van der Waals surface area contributed by atoms with E-state index in [2.05, 4.69) is 50.6 Å². The van der Waals surface area contributed by atoms with Crippen LogP contribution < -0.4 is 10.2 Å². The largest absolute Gasteiger partial charge is 0.495 e. The van der Waals surface area contributed by atoms with E-state index in [0.717, 1.165) is 29.5 Å². The van der Waals surface area contributed by atoms with E-state index in [1.54, 1.807) is 30.7 Å². The number of amides is 2. The minimum atomic E-state index is -0.362. The number of methoxy groups -OCH3 is 1. The molecule has 1 saturated heterocycles. The fraction of sp³-hybridized carbons (Fsp3) is 0.0625. The van der Waals surface area contributed by atoms with E-state index in [0.29, 0.717) is 15.5 Å². The number of halogens is 2. The number of rotatable bonds is 4. The van der Waals surface area contributed by atoms with Crippen molar-refractivity contribution in [2.24, 2.45) is 0 Å². The third kappa shape index (κ3) is 4.24. The molecule has 0 atom stereocenters. The Balaban J connectivity index is 1.87. The molecule has 2 heterocycles. The molecule has 2 amide bonds. The summed E-state index contributed by atoms with van der Waals surface area (Å²) in [4.78, 5) is 25.8. The lowest BCUT2D eigenvalue weighted by molar-refractivity contribution is -0.123. The first-order chi connectivity index (χ1) is 12.4. The van der Waals surface area contributed by atoms with Gasteiger partial charge in [-0.3, -0.25) is 15.0 Å². The van der Waals surface area contributed by atoms with E-state index in [9.17, 15) is 9.59 Å². The standard InChI is InChI=1S/C16H10I2N2O3S3/c1-23-13-8(5-9(17)7-10(13)18)6-12-15(22)20(16(24)26-12)19-14(21)11-3-2-4-25-11/h2-7H,1H3,(H,19,21)/b12-6+. The lowest BCUT2D eigenvalue weighted by atomic mass is 10.2. The minimum Gasteiger partial charge on any atom is -0.495 e. The Labute approximate surface area is 190 Å². The molecule has 0 bridgehead atoms. The van der Waals surface area contributed by atoms with Crippen molar-refractivity contribution in [2.45, 2.75) is 0 Å². The van der Waals surface area contributed by atoms with Crippen molar-refractivity contribution >= 4 is 103 Å². The molecule has 0 radical (unpaired) electrons. The van der Waals surface area contributed by atoms with Gasteiger partial charge in [0.15, 0.2) is 4.32 Å². The van der Waals surface area contributed by atoms with Crippen molar-refractivity contribution in [3.05, 3.63) is 52.1 Å². The summed E-state index contributed by atoms with van der Waals surface area (Å²) in [6, 6.07) is 7.38. The van der Waals surface area contributed by atoms with E-state index in [-0.39, 0.29) is 16.1 Å². The molecule has 26 heavy (non-hydrogen) atoms. The van der Waals surface area contributed by atoms with Crippen LogP contribution in [0.4, 0.5) is 0 Å². The molecule has 1 aliphatic heterocycles. The lowest BCUT2D eigenvalue weighted by Gasteiger charge is -2.14. The number of carbonyl (C=O) groups is 2. The third-order valence-corrected chi connectivity index (χ3v) is 6.87. The molecule has 5 nitrogen and oxygen atoms in total. The smallest absolute Gasteiger partial charge is 0.285 e. The van der Waals surface area contributed by atoms with Crippen LogP contribution in [0.2, 0.25) is 0 Å². The van der Waals surface area contributed by atoms with Crippen molar-refractivity contribution in [2.75, 3.05) is 7.11 Å². The van der Waals surface area contributed by atoms with E-state index in [4.69, 9.17) is 17.0 Å². The number of hydrogen-bond donors (Lipinski definition) is 1. The highest BCUT2D eigenvalue weighted by Gasteiger charge is 2.34. The molecule has 3 rings (SSSR count). The summed E-state index contributed by atoms with van der Waals surface area (Å²) in [5, 5.41) is 2.91. The van der Waals surface area contributed by atoms with E-state index in [1.165, 1.54) is 11.3 Å². The summed E-state index contributed by atoms with van der Waals surface area (Å²) in [5.74, 6) is -0.0290. The second kappa shape index (κ2) is 8.54. The van der Waals surface area contributed by atoms with Gasteiger partial charge in [-0.1, -0.05) is 17.8 Å². The van der Waals surface area contributed by atoms with Crippen LogP contribution in [0.1, 0.15) is 15.2 Å². The maximum Gasteiger partial charge on any atom is 0.285 e. The molecule has 1 fully saturated rings. The first-order valence-electron chi connectivity index (χ1n) is 7.06. The number of thiocarbonyl (C=S) groups is 1. The third-order valence-electron chi connectivity index (χ3n) is 3.28. The Bertz CT molecular complexity index is 929. The Morgan fingerprint density at radius 2 is 2.15 bits per heavy atom. The SMILES string of the molecule is COc1c(I)cc(I)cc1/C=C1/SC(=S)N(NC(=O)c2cccs2)C1=O. The van der Waals surface area contributed by atoms with Crippen LogP contribution >= 0.6 is 80.5 Å². The van der Waals surface area contributed by atoms with Crippen LogP contribution in [-0.4, -0.2) is 28.3 Å². The van der Waals surface area contributed by atoms with Gasteiger partial charge in [0.05, 0.1) is 20.5 Å². The van der Waals surface area contributed by atoms with E-state index in [1.807, 2.05) is 12.1 Å². The van der Waals surface area contributed by atoms with Crippen LogP contribution in [0.5, 0.6) is 5.75 Å². The van der Waals surface area contributed by atoms with Gasteiger partial charge in [-0.15, -0.1) is 11.3 Å². The minimum absolute atomic E-state index is 0.283. The number of ether oxygens (including phenoxy) is 1. The van der Waals surface area contributed by atoms with Gasteiger partial charge in [-0.05, 0) is 87.1 Å². The second-order valence-corrected chi connectivity index (χ2v) is 9.98. The molecular formula is C16H10I2N2O3S3. The lowest BCUT2D eigenvalue weighted by Crippen LogP contribution is -2.44. The molecule has 10 heteroatoms. The molecule has 134 valence electrons. The second-order valence-electron chi connectivity index (χ2n) is 4.95. The average molecular weight is 628 g/mol. The maximum atomic E-state index is 12.7. The predicted molar refractivity (Wildman–Crippen MR) is 125 cm³/mol. The van der Waals surface area contributed by atoms with Gasteiger partial charge in [-0.2, -0.15) is 5.01 Å². The topological polar surface area (TPSA) is 58.6 Å². The van der Waals surface area contributed by atoms with Crippen LogP contribution in [0.25, 0.3) is 6.08 Å². The maximum absolute atomic E-state index is 12.7. The number of nitrogens with one attached hydrogen (secondary N) is 1. The molecule has 0 saturated carbocycles. The Kier molecular flexibility index (Phi) is 6.59. The van der Waals surface area contributed by atoms with Crippen molar-refractivity contribution in [3.8, 4) is 5.75 Å². The number of thiophene rings is 1. The summed E-state index contributed by atoms with van der Waals surface area (Å²) in [6.07, 6.45) is 1.74. The number of nitrogens with zero attached hydrogens (tertiary/aromatic N) is 1. The van der Waals surface area contributed by atoms with Crippen molar-refractivity contribution in [1.82, 2.24) is 10.4 Å². The van der Waals surface area contributed by atoms with Crippen LogP contribution in [0.15, 0.2) is 34.6 Å². The van der Waals surface area contributed by atoms with E-state index >= 15 is 0 Å². The summed E-state index contributed by atoms with van der Waals surface area (Å²) >= 11 is 12.1. The highest BCUT2D eigenvalue weighted by Crippen LogP contribution is 2.35. The van der Waals surface area contributed by atoms with Crippen molar-refractivity contribution in [3.63, 3.8) is 0 Å². The van der Waals surface area contributed by atoms with Gasteiger partial charge in [0, 0.05) is 9.13 Å². The monoisotopic (exact) mass is 628 g/mol. The molecule has 1 N–H and O–H groups in total. The van der Waals surface area contributed by atoms with Crippen LogP contribution in [-0.2, 0) is 4.79 Å². The highest BCUT2D eigenvalue weighted by atomic mass is 127. The molecule has 0 spiro atoms. The zero-order valence-electron chi connectivity index (χ0n) is 13.1.